The lowest BCUT2D eigenvalue weighted by molar-refractivity contribution is -0.183. The molecule has 0 N–H and O–H groups in total. The Labute approximate surface area is 135 Å². The fraction of sp³-hybridized carbons (Fsp3) is 1.00. The highest BCUT2D eigenvalue weighted by atomic mass is 16.5. The van der Waals surface area contributed by atoms with Crippen LogP contribution in [0.4, 0.5) is 0 Å². The SMILES string of the molecule is CCCCCCCCCC(OCC)(C(C)(C)C)C(C)(C)C. The molecule has 0 radical (unpaired) electrons. The van der Waals surface area contributed by atoms with Gasteiger partial charge >= 0.3 is 0 Å². The van der Waals surface area contributed by atoms with Gasteiger partial charge in [-0.1, -0.05) is 93.4 Å². The smallest absolute Gasteiger partial charge is 0.0778 e. The van der Waals surface area contributed by atoms with Crippen molar-refractivity contribution < 1.29 is 4.74 Å². The van der Waals surface area contributed by atoms with E-state index < -0.39 is 0 Å². The quantitative estimate of drug-likeness (QED) is 0.395. The molecular weight excluding hydrogens is 256 g/mol. The molecule has 0 aliphatic carbocycles. The summed E-state index contributed by atoms with van der Waals surface area (Å²) in [5.41, 5.74) is 0.311. The highest BCUT2D eigenvalue weighted by Crippen LogP contribution is 2.50. The molecule has 0 amide bonds. The number of ether oxygens (including phenoxy) is 1. The van der Waals surface area contributed by atoms with Gasteiger partial charge in [-0.15, -0.1) is 0 Å². The zero-order valence-corrected chi connectivity index (χ0v) is 16.3. The van der Waals surface area contributed by atoms with Crippen LogP contribution in [0.1, 0.15) is 107 Å². The summed E-state index contributed by atoms with van der Waals surface area (Å²) in [7, 11) is 0. The van der Waals surface area contributed by atoms with E-state index in [9.17, 15) is 0 Å². The van der Waals surface area contributed by atoms with E-state index in [1.54, 1.807) is 0 Å². The van der Waals surface area contributed by atoms with Crippen molar-refractivity contribution >= 4 is 0 Å². The second kappa shape index (κ2) is 9.18. The summed E-state index contributed by atoms with van der Waals surface area (Å²) in [6, 6.07) is 0. The Morgan fingerprint density at radius 3 is 1.43 bits per heavy atom. The van der Waals surface area contributed by atoms with Crippen molar-refractivity contribution in [1.82, 2.24) is 0 Å². The van der Waals surface area contributed by atoms with Crippen LogP contribution in [0.2, 0.25) is 0 Å². The molecule has 0 aromatic carbocycles. The van der Waals surface area contributed by atoms with Gasteiger partial charge in [-0.2, -0.15) is 0 Å². The molecule has 0 unspecified atom stereocenters. The van der Waals surface area contributed by atoms with E-state index in [2.05, 4.69) is 55.4 Å². The van der Waals surface area contributed by atoms with Gasteiger partial charge in [0, 0.05) is 6.61 Å². The molecule has 0 aliphatic heterocycles. The maximum atomic E-state index is 6.40. The van der Waals surface area contributed by atoms with Crippen molar-refractivity contribution in [2.75, 3.05) is 6.61 Å². The fourth-order valence-corrected chi connectivity index (χ4v) is 3.96. The van der Waals surface area contributed by atoms with E-state index in [1.165, 1.54) is 51.4 Å². The molecule has 0 heterocycles. The van der Waals surface area contributed by atoms with E-state index in [1.807, 2.05) is 0 Å². The first-order valence-electron chi connectivity index (χ1n) is 9.26. The second-order valence-electron chi connectivity index (χ2n) is 8.63. The summed E-state index contributed by atoms with van der Waals surface area (Å²) in [6.07, 6.45) is 10.8. The Balaban J connectivity index is 4.56. The third-order valence-corrected chi connectivity index (χ3v) is 4.95. The van der Waals surface area contributed by atoms with Gasteiger partial charge in [-0.25, -0.2) is 0 Å². The first-order chi connectivity index (χ1) is 9.62. The highest BCUT2D eigenvalue weighted by Gasteiger charge is 2.50. The molecule has 0 saturated carbocycles. The van der Waals surface area contributed by atoms with Gasteiger partial charge in [0.2, 0.25) is 0 Å². The van der Waals surface area contributed by atoms with Gasteiger partial charge in [0.15, 0.2) is 0 Å². The summed E-state index contributed by atoms with van der Waals surface area (Å²) in [4.78, 5) is 0. The van der Waals surface area contributed by atoms with Gasteiger partial charge in [-0.3, -0.25) is 0 Å². The molecule has 0 bridgehead atoms. The normalized spacial score (nSPS) is 13.7. The third-order valence-electron chi connectivity index (χ3n) is 4.95. The first-order valence-corrected chi connectivity index (χ1v) is 9.26. The van der Waals surface area contributed by atoms with E-state index in [4.69, 9.17) is 4.74 Å². The van der Waals surface area contributed by atoms with Crippen LogP contribution in [0.15, 0.2) is 0 Å². The Morgan fingerprint density at radius 2 is 1.05 bits per heavy atom. The van der Waals surface area contributed by atoms with Gasteiger partial charge in [-0.05, 0) is 24.2 Å². The summed E-state index contributed by atoms with van der Waals surface area (Å²) in [5, 5.41) is 0. The predicted octanol–water partition coefficient (Wildman–Crippen LogP) is 6.99. The van der Waals surface area contributed by atoms with E-state index in [0.717, 1.165) is 6.61 Å². The second-order valence-corrected chi connectivity index (χ2v) is 8.63. The maximum absolute atomic E-state index is 6.40. The number of rotatable bonds is 10. The average molecular weight is 299 g/mol. The monoisotopic (exact) mass is 298 g/mol. The Kier molecular flexibility index (Phi) is 9.16. The molecule has 0 fully saturated rings. The molecule has 0 saturated heterocycles. The maximum Gasteiger partial charge on any atom is 0.0778 e. The van der Waals surface area contributed by atoms with Gasteiger partial charge in [0.05, 0.1) is 5.60 Å². The van der Waals surface area contributed by atoms with Crippen LogP contribution in [0.3, 0.4) is 0 Å². The summed E-state index contributed by atoms with van der Waals surface area (Å²) < 4.78 is 6.40. The minimum absolute atomic E-state index is 0.0296. The minimum atomic E-state index is -0.0296. The average Bonchev–Trinajstić information content (AvgIpc) is 2.33. The molecule has 0 rings (SSSR count). The lowest BCUT2D eigenvalue weighted by Crippen LogP contribution is -2.55. The van der Waals surface area contributed by atoms with Crippen molar-refractivity contribution in [3.05, 3.63) is 0 Å². The molecule has 0 aromatic rings. The number of hydrogen-bond acceptors (Lipinski definition) is 1. The van der Waals surface area contributed by atoms with Crippen LogP contribution in [0, 0.1) is 10.8 Å². The summed E-state index contributed by atoms with van der Waals surface area (Å²) >= 11 is 0. The minimum Gasteiger partial charge on any atom is -0.374 e. The highest BCUT2D eigenvalue weighted by molar-refractivity contribution is 5.01. The lowest BCUT2D eigenvalue weighted by atomic mass is 9.60. The Morgan fingerprint density at radius 1 is 0.619 bits per heavy atom. The fourth-order valence-electron chi connectivity index (χ4n) is 3.96. The van der Waals surface area contributed by atoms with Gasteiger partial charge < -0.3 is 4.74 Å². The molecule has 1 heteroatoms. The molecule has 0 aliphatic rings. The number of hydrogen-bond donors (Lipinski definition) is 0. The summed E-state index contributed by atoms with van der Waals surface area (Å²) in [6.45, 7) is 19.3. The number of unbranched alkanes of at least 4 members (excludes halogenated alkanes) is 6. The molecule has 0 atom stereocenters. The molecule has 21 heavy (non-hydrogen) atoms. The molecule has 128 valence electrons. The molecule has 0 spiro atoms. The largest absolute Gasteiger partial charge is 0.374 e. The van der Waals surface area contributed by atoms with Crippen molar-refractivity contribution in [2.45, 2.75) is 112 Å². The van der Waals surface area contributed by atoms with Crippen LogP contribution in [0.5, 0.6) is 0 Å². The molecule has 1 nitrogen and oxygen atoms in total. The van der Waals surface area contributed by atoms with Crippen LogP contribution >= 0.6 is 0 Å². The van der Waals surface area contributed by atoms with Crippen molar-refractivity contribution in [3.63, 3.8) is 0 Å². The third kappa shape index (κ3) is 6.30. The van der Waals surface area contributed by atoms with E-state index in [-0.39, 0.29) is 16.4 Å². The van der Waals surface area contributed by atoms with E-state index in [0.29, 0.717) is 0 Å². The van der Waals surface area contributed by atoms with Crippen LogP contribution < -0.4 is 0 Å². The molecule has 0 aromatic heterocycles. The van der Waals surface area contributed by atoms with E-state index >= 15 is 0 Å². The Hall–Kier alpha value is -0.0400. The van der Waals surface area contributed by atoms with Crippen LogP contribution in [0.25, 0.3) is 0 Å². The topological polar surface area (TPSA) is 9.23 Å². The first kappa shape index (κ1) is 21.0. The predicted molar refractivity (Wildman–Crippen MR) is 95.9 cm³/mol. The van der Waals surface area contributed by atoms with Crippen LogP contribution in [-0.2, 0) is 4.74 Å². The van der Waals surface area contributed by atoms with Crippen molar-refractivity contribution in [2.24, 2.45) is 10.8 Å². The Bertz CT molecular complexity index is 240. The van der Waals surface area contributed by atoms with Crippen molar-refractivity contribution in [3.8, 4) is 0 Å². The summed E-state index contributed by atoms with van der Waals surface area (Å²) in [5.74, 6) is 0. The van der Waals surface area contributed by atoms with Gasteiger partial charge in [0.1, 0.15) is 0 Å². The molecular formula is C20H42O. The lowest BCUT2D eigenvalue weighted by Gasteiger charge is -2.53. The van der Waals surface area contributed by atoms with Crippen LogP contribution in [-0.4, -0.2) is 12.2 Å². The van der Waals surface area contributed by atoms with Gasteiger partial charge in [0.25, 0.3) is 0 Å². The zero-order chi connectivity index (χ0) is 16.6. The standard InChI is InChI=1S/C20H42O/c1-9-11-12-13-14-15-16-17-20(21-10-2,18(3,4)5)19(6,7)8/h9-17H2,1-8H3. The zero-order valence-electron chi connectivity index (χ0n) is 16.3. The van der Waals surface area contributed by atoms with Crippen molar-refractivity contribution in [1.29, 1.82) is 0 Å².